The largest absolute Gasteiger partial charge is 0.388 e. The maximum Gasteiger partial charge on any atom is 0.224 e. The molecule has 1 aliphatic rings. The van der Waals surface area contributed by atoms with Gasteiger partial charge in [0.05, 0.1) is 6.10 Å². The Balaban J connectivity index is 2.08. The third-order valence-corrected chi connectivity index (χ3v) is 3.47. The van der Waals surface area contributed by atoms with Crippen molar-refractivity contribution in [2.75, 3.05) is 0 Å². The first-order valence-electron chi connectivity index (χ1n) is 6.19. The molecule has 1 aliphatic heterocycles. The molecule has 2 N–H and O–H groups in total. The first-order chi connectivity index (χ1) is 9.13. The van der Waals surface area contributed by atoms with Crippen molar-refractivity contribution in [1.82, 2.24) is 14.2 Å². The van der Waals surface area contributed by atoms with E-state index >= 15 is 0 Å². The Bertz CT molecular complexity index is 650. The highest BCUT2D eigenvalue weighted by Crippen LogP contribution is 2.30. The van der Waals surface area contributed by atoms with Crippen LogP contribution in [0.1, 0.15) is 19.6 Å². The number of rotatable bonds is 2. The van der Waals surface area contributed by atoms with Crippen LogP contribution in [0.25, 0.3) is 5.65 Å². The summed E-state index contributed by atoms with van der Waals surface area (Å²) in [5.41, 5.74) is 0.0501. The van der Waals surface area contributed by atoms with E-state index in [9.17, 15) is 15.0 Å². The summed E-state index contributed by atoms with van der Waals surface area (Å²) in [4.78, 5) is 15.6. The van der Waals surface area contributed by atoms with Crippen LogP contribution < -0.4 is 5.43 Å². The molecule has 7 heteroatoms. The summed E-state index contributed by atoms with van der Waals surface area (Å²) in [5.74, 6) is 0. The molecule has 0 aliphatic carbocycles. The predicted octanol–water partition coefficient (Wildman–Crippen LogP) is -0.475. The fourth-order valence-electron chi connectivity index (χ4n) is 2.44. The van der Waals surface area contributed by atoms with E-state index in [1.807, 2.05) is 6.92 Å². The standard InChI is InChI=1S/C12H15N3O4/c1-2-8-9(17)10(18)12(19-8)15-5-3-7(16)11-13-4-6-14(11)15/h3-6,8-10,12,17-18H,2H2,1H3/t8-,9-,10-,12-/m1/s1. The molecule has 4 atom stereocenters. The highest BCUT2D eigenvalue weighted by molar-refractivity contribution is 5.35. The second-order valence-corrected chi connectivity index (χ2v) is 4.61. The van der Waals surface area contributed by atoms with Crippen LogP contribution in [0.15, 0.2) is 29.5 Å². The molecule has 19 heavy (non-hydrogen) atoms. The number of nitrogens with zero attached hydrogens (tertiary/aromatic N) is 3. The Morgan fingerprint density at radius 3 is 2.84 bits per heavy atom. The smallest absolute Gasteiger partial charge is 0.224 e. The third-order valence-electron chi connectivity index (χ3n) is 3.47. The highest BCUT2D eigenvalue weighted by Gasteiger charge is 2.43. The van der Waals surface area contributed by atoms with E-state index in [0.29, 0.717) is 6.42 Å². The molecular formula is C12H15N3O4. The Kier molecular flexibility index (Phi) is 2.89. The molecule has 0 bridgehead atoms. The van der Waals surface area contributed by atoms with Crippen LogP contribution in [-0.4, -0.2) is 42.7 Å². The van der Waals surface area contributed by atoms with Gasteiger partial charge in [-0.1, -0.05) is 6.92 Å². The summed E-state index contributed by atoms with van der Waals surface area (Å²) in [6, 6.07) is 1.37. The molecule has 7 nitrogen and oxygen atoms in total. The van der Waals surface area contributed by atoms with E-state index in [-0.39, 0.29) is 11.1 Å². The topological polar surface area (TPSA) is 89.0 Å². The fourth-order valence-corrected chi connectivity index (χ4v) is 2.44. The zero-order chi connectivity index (χ0) is 13.6. The van der Waals surface area contributed by atoms with Gasteiger partial charge in [-0.15, -0.1) is 0 Å². The molecule has 0 saturated carbocycles. The molecule has 0 unspecified atom stereocenters. The SMILES string of the molecule is CC[C@H]1O[C@@H](n2ccc(=O)c3nccn32)[C@H](O)[C@@H]1O. The van der Waals surface area contributed by atoms with Gasteiger partial charge < -0.3 is 14.9 Å². The van der Waals surface area contributed by atoms with Crippen LogP contribution in [0, 0.1) is 0 Å². The molecule has 0 aromatic carbocycles. The van der Waals surface area contributed by atoms with Crippen molar-refractivity contribution < 1.29 is 14.9 Å². The first-order valence-corrected chi connectivity index (χ1v) is 6.19. The number of aromatic nitrogens is 3. The van der Waals surface area contributed by atoms with E-state index in [0.717, 1.165) is 0 Å². The average molecular weight is 265 g/mol. The minimum absolute atomic E-state index is 0.207. The van der Waals surface area contributed by atoms with Crippen LogP contribution in [0.3, 0.4) is 0 Å². The quantitative estimate of drug-likeness (QED) is 0.766. The summed E-state index contributed by atoms with van der Waals surface area (Å²) in [7, 11) is 0. The number of hydrogen-bond donors (Lipinski definition) is 2. The number of hydrogen-bond acceptors (Lipinski definition) is 5. The van der Waals surface area contributed by atoms with Gasteiger partial charge in [-0.2, -0.15) is 0 Å². The lowest BCUT2D eigenvalue weighted by Crippen LogP contribution is -2.32. The molecule has 102 valence electrons. The third kappa shape index (κ3) is 1.78. The van der Waals surface area contributed by atoms with Crippen LogP contribution in [0.4, 0.5) is 0 Å². The minimum Gasteiger partial charge on any atom is -0.388 e. The van der Waals surface area contributed by atoms with Crippen molar-refractivity contribution in [1.29, 1.82) is 0 Å². The molecule has 0 radical (unpaired) electrons. The van der Waals surface area contributed by atoms with Crippen LogP contribution >= 0.6 is 0 Å². The molecule has 3 heterocycles. The van der Waals surface area contributed by atoms with Crippen molar-refractivity contribution in [3.8, 4) is 0 Å². The predicted molar refractivity (Wildman–Crippen MR) is 65.7 cm³/mol. The molecule has 0 amide bonds. The fraction of sp³-hybridized carbons (Fsp3) is 0.500. The van der Waals surface area contributed by atoms with E-state index in [4.69, 9.17) is 4.74 Å². The molecular weight excluding hydrogens is 250 g/mol. The Labute approximate surface area is 108 Å². The summed E-state index contributed by atoms with van der Waals surface area (Å²) in [6.07, 6.45) is 2.10. The number of fused-ring (bicyclic) bond motifs is 1. The van der Waals surface area contributed by atoms with Gasteiger partial charge in [-0.3, -0.25) is 9.48 Å². The second kappa shape index (κ2) is 4.44. The van der Waals surface area contributed by atoms with E-state index in [1.54, 1.807) is 10.9 Å². The van der Waals surface area contributed by atoms with Gasteiger partial charge in [-0.25, -0.2) is 9.50 Å². The zero-order valence-corrected chi connectivity index (χ0v) is 10.4. The molecule has 0 spiro atoms. The number of aliphatic hydroxyl groups excluding tert-OH is 2. The van der Waals surface area contributed by atoms with Crippen LogP contribution in [0.2, 0.25) is 0 Å². The van der Waals surface area contributed by atoms with Crippen molar-refractivity contribution in [2.45, 2.75) is 37.9 Å². The summed E-state index contributed by atoms with van der Waals surface area (Å²) < 4.78 is 8.73. The summed E-state index contributed by atoms with van der Waals surface area (Å²) in [6.45, 7) is 1.88. The van der Waals surface area contributed by atoms with E-state index in [2.05, 4.69) is 4.98 Å². The van der Waals surface area contributed by atoms with Gasteiger partial charge in [-0.05, 0) is 6.42 Å². The van der Waals surface area contributed by atoms with Crippen molar-refractivity contribution >= 4 is 5.65 Å². The second-order valence-electron chi connectivity index (χ2n) is 4.61. The summed E-state index contributed by atoms with van der Waals surface area (Å²) in [5, 5.41) is 20.0. The van der Waals surface area contributed by atoms with Crippen molar-refractivity contribution in [3.05, 3.63) is 34.9 Å². The Morgan fingerprint density at radius 1 is 1.37 bits per heavy atom. The minimum atomic E-state index is -1.04. The van der Waals surface area contributed by atoms with Crippen LogP contribution in [0.5, 0.6) is 0 Å². The first kappa shape index (κ1) is 12.3. The zero-order valence-electron chi connectivity index (χ0n) is 10.4. The number of aliphatic hydroxyl groups is 2. The number of ether oxygens (including phenoxy) is 1. The van der Waals surface area contributed by atoms with Gasteiger partial charge >= 0.3 is 0 Å². The van der Waals surface area contributed by atoms with Crippen LogP contribution in [-0.2, 0) is 4.74 Å². The molecule has 2 aromatic heterocycles. The lowest BCUT2D eigenvalue weighted by atomic mass is 10.1. The van der Waals surface area contributed by atoms with E-state index < -0.39 is 24.5 Å². The monoisotopic (exact) mass is 265 g/mol. The lowest BCUT2D eigenvalue weighted by molar-refractivity contribution is -0.0478. The lowest BCUT2D eigenvalue weighted by Gasteiger charge is -2.19. The highest BCUT2D eigenvalue weighted by atomic mass is 16.6. The van der Waals surface area contributed by atoms with Crippen molar-refractivity contribution in [2.24, 2.45) is 0 Å². The van der Waals surface area contributed by atoms with Gasteiger partial charge in [0.15, 0.2) is 11.9 Å². The average Bonchev–Trinajstić information content (AvgIpc) is 2.99. The maximum absolute atomic E-state index is 11.6. The van der Waals surface area contributed by atoms with E-state index in [1.165, 1.54) is 23.0 Å². The molecule has 3 rings (SSSR count). The van der Waals surface area contributed by atoms with Crippen molar-refractivity contribution in [3.63, 3.8) is 0 Å². The van der Waals surface area contributed by atoms with Gasteiger partial charge in [0.25, 0.3) is 0 Å². The molecule has 1 fully saturated rings. The molecule has 1 saturated heterocycles. The molecule has 2 aromatic rings. The van der Waals surface area contributed by atoms with Gasteiger partial charge in [0, 0.05) is 24.7 Å². The normalized spacial score (nSPS) is 31.1. The van der Waals surface area contributed by atoms with Gasteiger partial charge in [0.1, 0.15) is 12.2 Å². The summed E-state index contributed by atoms with van der Waals surface area (Å²) >= 11 is 0. The van der Waals surface area contributed by atoms with Gasteiger partial charge in [0.2, 0.25) is 5.43 Å². The Hall–Kier alpha value is -1.70. The Morgan fingerprint density at radius 2 is 2.16 bits per heavy atom. The number of imidazole rings is 1. The maximum atomic E-state index is 11.6.